The summed E-state index contributed by atoms with van der Waals surface area (Å²) in [5.74, 6) is 0.626. The van der Waals surface area contributed by atoms with Gasteiger partial charge >= 0.3 is 0 Å². The Labute approximate surface area is 173 Å². The van der Waals surface area contributed by atoms with Crippen molar-refractivity contribution in [1.82, 2.24) is 14.7 Å². The lowest BCUT2D eigenvalue weighted by Gasteiger charge is -2.42. The normalized spacial score (nSPS) is 28.6. The Kier molecular flexibility index (Phi) is 6.44. The van der Waals surface area contributed by atoms with Crippen molar-refractivity contribution in [2.24, 2.45) is 5.41 Å². The van der Waals surface area contributed by atoms with Crippen molar-refractivity contribution >= 4 is 0 Å². The Balaban J connectivity index is 1.32. The zero-order valence-corrected chi connectivity index (χ0v) is 18.5. The predicted octanol–water partition coefficient (Wildman–Crippen LogP) is 4.58. The number of nitrogens with zero attached hydrogens (tertiary/aromatic N) is 3. The molecule has 0 aromatic heterocycles. The van der Waals surface area contributed by atoms with E-state index in [0.29, 0.717) is 11.3 Å². The summed E-state index contributed by atoms with van der Waals surface area (Å²) in [5.41, 5.74) is 3.51. The van der Waals surface area contributed by atoms with Gasteiger partial charge in [-0.05, 0) is 87.3 Å². The third-order valence-corrected chi connectivity index (χ3v) is 7.78. The van der Waals surface area contributed by atoms with Gasteiger partial charge in [0.2, 0.25) is 0 Å². The van der Waals surface area contributed by atoms with E-state index in [1.54, 1.807) is 0 Å². The minimum atomic E-state index is 0.567. The number of likely N-dealkylation sites (tertiary alicyclic amines) is 3. The maximum Gasteiger partial charge on any atom is 0.0233 e. The lowest BCUT2D eigenvalue weighted by Crippen LogP contribution is -2.47. The molecule has 1 spiro atoms. The number of hydrogen-bond acceptors (Lipinski definition) is 3. The molecule has 1 atom stereocenters. The highest BCUT2D eigenvalue weighted by Crippen LogP contribution is 2.41. The Morgan fingerprint density at radius 3 is 2.36 bits per heavy atom. The highest BCUT2D eigenvalue weighted by molar-refractivity contribution is 5.24. The first kappa shape index (κ1) is 20.4. The van der Waals surface area contributed by atoms with E-state index in [0.717, 1.165) is 12.6 Å². The van der Waals surface area contributed by atoms with Crippen LogP contribution in [0.15, 0.2) is 24.3 Å². The van der Waals surface area contributed by atoms with Gasteiger partial charge in [-0.2, -0.15) is 0 Å². The summed E-state index contributed by atoms with van der Waals surface area (Å²) in [4.78, 5) is 8.24. The van der Waals surface area contributed by atoms with E-state index in [4.69, 9.17) is 0 Å². The zero-order valence-electron chi connectivity index (χ0n) is 18.5. The molecule has 0 N–H and O–H groups in total. The fourth-order valence-electron chi connectivity index (χ4n) is 5.93. The topological polar surface area (TPSA) is 9.72 Å². The Bertz CT molecular complexity index is 617. The van der Waals surface area contributed by atoms with Crippen LogP contribution in [0.2, 0.25) is 0 Å². The summed E-state index contributed by atoms with van der Waals surface area (Å²) < 4.78 is 0. The van der Waals surface area contributed by atoms with E-state index in [1.165, 1.54) is 89.0 Å². The van der Waals surface area contributed by atoms with Crippen LogP contribution >= 0.6 is 0 Å². The van der Waals surface area contributed by atoms with E-state index < -0.39 is 0 Å². The fraction of sp³-hybridized carbons (Fsp3) is 0.760. The number of rotatable bonds is 5. The molecule has 3 heterocycles. The molecule has 28 heavy (non-hydrogen) atoms. The first-order chi connectivity index (χ1) is 13.6. The molecule has 4 rings (SSSR count). The standard InChI is InChI=1S/C25H41N3/c1-4-26-15-10-24(11-16-26)28-17-13-25(20-28)12-5-14-27(19-25)18-22-6-8-23(9-7-22)21(2)3/h6-9,21,24H,4-5,10-20H2,1-3H3/t25-/m0/s1. The predicted molar refractivity (Wildman–Crippen MR) is 119 cm³/mol. The van der Waals surface area contributed by atoms with Crippen molar-refractivity contribution < 1.29 is 0 Å². The molecule has 1 aromatic rings. The summed E-state index contributed by atoms with van der Waals surface area (Å²) in [6.45, 7) is 17.1. The zero-order chi connectivity index (χ0) is 19.6. The molecular formula is C25H41N3. The molecule has 156 valence electrons. The van der Waals surface area contributed by atoms with Crippen molar-refractivity contribution in [3.05, 3.63) is 35.4 Å². The van der Waals surface area contributed by atoms with Crippen LogP contribution in [0.3, 0.4) is 0 Å². The van der Waals surface area contributed by atoms with Gasteiger partial charge in [0.25, 0.3) is 0 Å². The third-order valence-electron chi connectivity index (χ3n) is 7.78. The largest absolute Gasteiger partial charge is 0.303 e. The average Bonchev–Trinajstić information content (AvgIpc) is 3.11. The summed E-state index contributed by atoms with van der Waals surface area (Å²) in [5, 5.41) is 0. The fourth-order valence-corrected chi connectivity index (χ4v) is 5.93. The number of hydrogen-bond donors (Lipinski definition) is 0. The minimum absolute atomic E-state index is 0.567. The monoisotopic (exact) mass is 383 g/mol. The minimum Gasteiger partial charge on any atom is -0.303 e. The van der Waals surface area contributed by atoms with Gasteiger partial charge in [-0.3, -0.25) is 9.80 Å². The lowest BCUT2D eigenvalue weighted by molar-refractivity contribution is 0.0704. The van der Waals surface area contributed by atoms with Gasteiger partial charge in [-0.25, -0.2) is 0 Å². The summed E-state index contributed by atoms with van der Waals surface area (Å²) in [6.07, 6.45) is 7.02. The molecule has 3 nitrogen and oxygen atoms in total. The van der Waals surface area contributed by atoms with Crippen molar-refractivity contribution in [3.8, 4) is 0 Å². The second-order valence-corrected chi connectivity index (χ2v) is 10.1. The van der Waals surface area contributed by atoms with Crippen LogP contribution in [0, 0.1) is 5.41 Å². The van der Waals surface area contributed by atoms with E-state index >= 15 is 0 Å². The van der Waals surface area contributed by atoms with Crippen LogP contribution in [0.4, 0.5) is 0 Å². The molecule has 3 heteroatoms. The first-order valence-corrected chi connectivity index (χ1v) is 11.8. The van der Waals surface area contributed by atoms with Crippen LogP contribution in [0.25, 0.3) is 0 Å². The molecule has 3 saturated heterocycles. The first-order valence-electron chi connectivity index (χ1n) is 11.8. The SMILES string of the molecule is CCN1CCC(N2CC[C@]3(CCCN(Cc4ccc(C(C)C)cc4)C3)C2)CC1. The molecule has 3 fully saturated rings. The Hall–Kier alpha value is -0.900. The number of piperidine rings is 2. The van der Waals surface area contributed by atoms with Crippen molar-refractivity contribution in [1.29, 1.82) is 0 Å². The highest BCUT2D eigenvalue weighted by atomic mass is 15.2. The van der Waals surface area contributed by atoms with Gasteiger partial charge in [-0.15, -0.1) is 0 Å². The summed E-state index contributed by atoms with van der Waals surface area (Å²) >= 11 is 0. The Morgan fingerprint density at radius 1 is 0.929 bits per heavy atom. The molecule has 0 radical (unpaired) electrons. The second kappa shape index (κ2) is 8.85. The molecule has 0 amide bonds. The molecule has 0 unspecified atom stereocenters. The smallest absolute Gasteiger partial charge is 0.0233 e. The summed E-state index contributed by atoms with van der Waals surface area (Å²) in [7, 11) is 0. The van der Waals surface area contributed by atoms with E-state index in [-0.39, 0.29) is 0 Å². The van der Waals surface area contributed by atoms with Gasteiger partial charge in [0.05, 0.1) is 0 Å². The molecule has 3 aliphatic rings. The molecular weight excluding hydrogens is 342 g/mol. The summed E-state index contributed by atoms with van der Waals surface area (Å²) in [6, 6.07) is 10.2. The van der Waals surface area contributed by atoms with Crippen molar-refractivity contribution in [2.75, 3.05) is 45.8 Å². The maximum atomic E-state index is 2.87. The van der Waals surface area contributed by atoms with E-state index in [2.05, 4.69) is 59.7 Å². The average molecular weight is 384 g/mol. The highest BCUT2D eigenvalue weighted by Gasteiger charge is 2.43. The van der Waals surface area contributed by atoms with Crippen LogP contribution in [-0.2, 0) is 6.54 Å². The van der Waals surface area contributed by atoms with Gasteiger partial charge in [0, 0.05) is 25.7 Å². The lowest BCUT2D eigenvalue weighted by atomic mass is 9.79. The van der Waals surface area contributed by atoms with Crippen LogP contribution < -0.4 is 0 Å². The van der Waals surface area contributed by atoms with Gasteiger partial charge in [0.1, 0.15) is 0 Å². The molecule has 1 aromatic carbocycles. The van der Waals surface area contributed by atoms with Crippen LogP contribution in [-0.4, -0.2) is 66.6 Å². The molecule has 0 saturated carbocycles. The van der Waals surface area contributed by atoms with Gasteiger partial charge in [-0.1, -0.05) is 45.0 Å². The van der Waals surface area contributed by atoms with Crippen molar-refractivity contribution in [2.45, 2.75) is 71.4 Å². The van der Waals surface area contributed by atoms with Crippen LogP contribution in [0.5, 0.6) is 0 Å². The second-order valence-electron chi connectivity index (χ2n) is 10.1. The Morgan fingerprint density at radius 2 is 1.68 bits per heavy atom. The van der Waals surface area contributed by atoms with Crippen molar-refractivity contribution in [3.63, 3.8) is 0 Å². The quantitative estimate of drug-likeness (QED) is 0.737. The molecule has 0 bridgehead atoms. The van der Waals surface area contributed by atoms with E-state index in [9.17, 15) is 0 Å². The number of benzene rings is 1. The van der Waals surface area contributed by atoms with Gasteiger partial charge < -0.3 is 4.90 Å². The molecule has 0 aliphatic carbocycles. The maximum absolute atomic E-state index is 2.87. The van der Waals surface area contributed by atoms with Gasteiger partial charge in [0.15, 0.2) is 0 Å². The third kappa shape index (κ3) is 4.63. The molecule has 3 aliphatic heterocycles. The van der Waals surface area contributed by atoms with E-state index in [1.807, 2.05) is 0 Å². The van der Waals surface area contributed by atoms with Crippen LogP contribution in [0.1, 0.15) is 69.9 Å².